The van der Waals surface area contributed by atoms with Gasteiger partial charge in [0.1, 0.15) is 12.4 Å². The summed E-state index contributed by atoms with van der Waals surface area (Å²) in [5, 5.41) is 0. The molecule has 1 aromatic carbocycles. The van der Waals surface area contributed by atoms with Crippen molar-refractivity contribution in [3.05, 3.63) is 36.2 Å². The van der Waals surface area contributed by atoms with Gasteiger partial charge in [-0.25, -0.2) is 12.8 Å². The SMILES string of the molecule is COCCOCS(=O)(=O)c1ccc(OC/C(=C/F)CN)cc1. The summed E-state index contributed by atoms with van der Waals surface area (Å²) in [5.41, 5.74) is 5.61. The van der Waals surface area contributed by atoms with Crippen LogP contribution in [0.3, 0.4) is 0 Å². The molecule has 0 aliphatic rings. The first-order valence-electron chi connectivity index (χ1n) is 6.54. The molecule has 0 heterocycles. The maximum atomic E-state index is 12.3. The Morgan fingerprint density at radius 1 is 1.27 bits per heavy atom. The van der Waals surface area contributed by atoms with Crippen molar-refractivity contribution < 1.29 is 27.0 Å². The third-order valence-corrected chi connectivity index (χ3v) is 4.16. The van der Waals surface area contributed by atoms with E-state index in [0.29, 0.717) is 24.3 Å². The average molecular weight is 333 g/mol. The number of methoxy groups -OCH3 is 1. The highest BCUT2D eigenvalue weighted by atomic mass is 32.2. The Kier molecular flexibility index (Phi) is 8.03. The lowest BCUT2D eigenvalue weighted by Gasteiger charge is -2.09. The van der Waals surface area contributed by atoms with Crippen LogP contribution in [0.1, 0.15) is 0 Å². The minimum Gasteiger partial charge on any atom is -0.489 e. The summed E-state index contributed by atoms with van der Waals surface area (Å²) >= 11 is 0. The first-order chi connectivity index (χ1) is 10.5. The number of rotatable bonds is 10. The largest absolute Gasteiger partial charge is 0.489 e. The van der Waals surface area contributed by atoms with E-state index in [4.69, 9.17) is 19.9 Å². The minimum atomic E-state index is -3.52. The van der Waals surface area contributed by atoms with Crippen molar-refractivity contribution in [2.75, 3.05) is 39.4 Å². The van der Waals surface area contributed by atoms with Crippen LogP contribution >= 0.6 is 0 Å². The van der Waals surface area contributed by atoms with Crippen LogP contribution < -0.4 is 10.5 Å². The number of hydrogen-bond donors (Lipinski definition) is 1. The van der Waals surface area contributed by atoms with Crippen LogP contribution in [0.5, 0.6) is 5.75 Å². The summed E-state index contributed by atoms with van der Waals surface area (Å²) in [4.78, 5) is 0.123. The molecule has 0 bridgehead atoms. The molecule has 0 spiro atoms. The normalized spacial score (nSPS) is 12.4. The summed E-state index contributed by atoms with van der Waals surface area (Å²) in [6.07, 6.45) is 0.399. The number of hydrogen-bond acceptors (Lipinski definition) is 6. The van der Waals surface area contributed by atoms with Gasteiger partial charge in [0.25, 0.3) is 0 Å². The summed E-state index contributed by atoms with van der Waals surface area (Å²) in [5.74, 6) is 0.00502. The smallest absolute Gasteiger partial charge is 0.202 e. The summed E-state index contributed by atoms with van der Waals surface area (Å²) < 4.78 is 51.4. The van der Waals surface area contributed by atoms with Crippen LogP contribution in [-0.4, -0.2) is 47.8 Å². The molecule has 2 N–H and O–H groups in total. The van der Waals surface area contributed by atoms with Gasteiger partial charge in [0.2, 0.25) is 9.84 Å². The van der Waals surface area contributed by atoms with Gasteiger partial charge >= 0.3 is 0 Å². The number of nitrogens with two attached hydrogens (primary N) is 1. The molecule has 0 unspecified atom stereocenters. The second kappa shape index (κ2) is 9.52. The lowest BCUT2D eigenvalue weighted by Crippen LogP contribution is -2.13. The molecule has 0 atom stereocenters. The molecule has 0 saturated carbocycles. The van der Waals surface area contributed by atoms with Crippen LogP contribution in [0.25, 0.3) is 0 Å². The second-order valence-electron chi connectivity index (χ2n) is 4.37. The van der Waals surface area contributed by atoms with E-state index in [-0.39, 0.29) is 24.7 Å². The predicted molar refractivity (Wildman–Crippen MR) is 80.1 cm³/mol. The van der Waals surface area contributed by atoms with E-state index in [0.717, 1.165) is 0 Å². The molecule has 0 amide bonds. The molecule has 0 fully saturated rings. The van der Waals surface area contributed by atoms with Crippen molar-refractivity contribution in [3.63, 3.8) is 0 Å². The second-order valence-corrected chi connectivity index (χ2v) is 6.30. The highest BCUT2D eigenvalue weighted by Gasteiger charge is 2.14. The van der Waals surface area contributed by atoms with Gasteiger partial charge in [0.05, 0.1) is 24.4 Å². The predicted octanol–water partition coefficient (Wildman–Crippen LogP) is 1.27. The van der Waals surface area contributed by atoms with Crippen molar-refractivity contribution in [1.82, 2.24) is 0 Å². The fourth-order valence-corrected chi connectivity index (χ4v) is 2.46. The zero-order valence-corrected chi connectivity index (χ0v) is 13.1. The Hall–Kier alpha value is -1.48. The molecule has 0 radical (unpaired) electrons. The molecule has 0 saturated heterocycles. The third-order valence-electron chi connectivity index (χ3n) is 2.69. The molecule has 6 nitrogen and oxygen atoms in total. The zero-order chi connectivity index (χ0) is 16.4. The monoisotopic (exact) mass is 333 g/mol. The van der Waals surface area contributed by atoms with Crippen LogP contribution in [0.15, 0.2) is 41.1 Å². The van der Waals surface area contributed by atoms with Crippen molar-refractivity contribution in [3.8, 4) is 5.75 Å². The Balaban J connectivity index is 2.59. The molecule has 0 aromatic heterocycles. The van der Waals surface area contributed by atoms with E-state index in [2.05, 4.69) is 0 Å². The van der Waals surface area contributed by atoms with Gasteiger partial charge in [0.15, 0.2) is 5.94 Å². The topological polar surface area (TPSA) is 87.8 Å². The number of halogens is 1. The molecule has 0 aliphatic heterocycles. The lowest BCUT2D eigenvalue weighted by molar-refractivity contribution is 0.0928. The van der Waals surface area contributed by atoms with E-state index >= 15 is 0 Å². The first-order valence-corrected chi connectivity index (χ1v) is 8.19. The summed E-state index contributed by atoms with van der Waals surface area (Å²) in [6.45, 7) is 0.600. The van der Waals surface area contributed by atoms with Gasteiger partial charge in [-0.05, 0) is 24.3 Å². The van der Waals surface area contributed by atoms with E-state index in [1.165, 1.54) is 31.4 Å². The van der Waals surface area contributed by atoms with Gasteiger partial charge < -0.3 is 19.9 Å². The minimum absolute atomic E-state index is 0.0131. The lowest BCUT2D eigenvalue weighted by atomic mass is 10.3. The Morgan fingerprint density at radius 2 is 1.95 bits per heavy atom. The molecular formula is C14H20FNO5S. The molecule has 1 rings (SSSR count). The van der Waals surface area contributed by atoms with Crippen molar-refractivity contribution in [1.29, 1.82) is 0 Å². The highest BCUT2D eigenvalue weighted by molar-refractivity contribution is 7.91. The Bertz CT molecular complexity index is 571. The van der Waals surface area contributed by atoms with E-state index in [9.17, 15) is 12.8 Å². The van der Waals surface area contributed by atoms with Crippen molar-refractivity contribution >= 4 is 9.84 Å². The van der Waals surface area contributed by atoms with E-state index in [1.807, 2.05) is 0 Å². The quantitative estimate of drug-likeness (QED) is 0.649. The van der Waals surface area contributed by atoms with Crippen LogP contribution in [0.4, 0.5) is 4.39 Å². The summed E-state index contributed by atoms with van der Waals surface area (Å²) in [7, 11) is -2.02. The van der Waals surface area contributed by atoms with Crippen LogP contribution in [-0.2, 0) is 19.3 Å². The molecule has 22 heavy (non-hydrogen) atoms. The van der Waals surface area contributed by atoms with Crippen molar-refractivity contribution in [2.45, 2.75) is 4.90 Å². The Labute approximate surface area is 129 Å². The third kappa shape index (κ3) is 6.10. The van der Waals surface area contributed by atoms with Gasteiger partial charge in [0, 0.05) is 19.2 Å². The molecule has 0 aliphatic carbocycles. The fourth-order valence-electron chi connectivity index (χ4n) is 1.43. The van der Waals surface area contributed by atoms with Crippen molar-refractivity contribution in [2.24, 2.45) is 5.73 Å². The van der Waals surface area contributed by atoms with Gasteiger partial charge in [-0.15, -0.1) is 0 Å². The average Bonchev–Trinajstić information content (AvgIpc) is 2.53. The Morgan fingerprint density at radius 3 is 2.50 bits per heavy atom. The van der Waals surface area contributed by atoms with Crippen LogP contribution in [0.2, 0.25) is 0 Å². The first kappa shape index (κ1) is 18.6. The van der Waals surface area contributed by atoms with Gasteiger partial charge in [-0.2, -0.15) is 0 Å². The van der Waals surface area contributed by atoms with E-state index in [1.54, 1.807) is 0 Å². The summed E-state index contributed by atoms with van der Waals surface area (Å²) in [6, 6.07) is 5.81. The van der Waals surface area contributed by atoms with Gasteiger partial charge in [-0.3, -0.25) is 0 Å². The maximum absolute atomic E-state index is 12.3. The molecule has 124 valence electrons. The zero-order valence-electron chi connectivity index (χ0n) is 12.3. The fraction of sp³-hybridized carbons (Fsp3) is 0.429. The number of ether oxygens (including phenoxy) is 3. The molecular weight excluding hydrogens is 313 g/mol. The molecule has 1 aromatic rings. The standard InChI is InChI=1S/C14H20FNO5S/c1-19-6-7-20-11-22(17,18)14-4-2-13(3-5-14)21-10-12(8-15)9-16/h2-5,8H,6-7,9-11,16H2,1H3/b12-8+. The number of benzene rings is 1. The number of sulfone groups is 1. The highest BCUT2D eigenvalue weighted by Crippen LogP contribution is 2.17. The van der Waals surface area contributed by atoms with Gasteiger partial charge in [-0.1, -0.05) is 0 Å². The maximum Gasteiger partial charge on any atom is 0.202 e. The van der Waals surface area contributed by atoms with E-state index < -0.39 is 15.8 Å². The van der Waals surface area contributed by atoms with Crippen LogP contribution in [0, 0.1) is 0 Å². The molecule has 8 heteroatoms.